The molecule has 0 rings (SSSR count). The van der Waals surface area contributed by atoms with Crippen molar-refractivity contribution in [3.63, 3.8) is 0 Å². The molecule has 0 atom stereocenters. The zero-order valence-electron chi connectivity index (χ0n) is 8.04. The van der Waals surface area contributed by atoms with Crippen LogP contribution in [0.15, 0.2) is 0 Å². The van der Waals surface area contributed by atoms with Crippen LogP contribution in [-0.4, -0.2) is 0 Å². The number of nitriles is 6. The van der Waals surface area contributed by atoms with Gasteiger partial charge >= 0.3 is 174 Å². The van der Waals surface area contributed by atoms with E-state index in [4.69, 9.17) is 31.6 Å². The minimum atomic E-state index is -6.17. The molecule has 0 aromatic rings. The molecule has 0 aromatic heterocycles. The van der Waals surface area contributed by atoms with Crippen LogP contribution in [0, 0.1) is 61.4 Å². The summed E-state index contributed by atoms with van der Waals surface area (Å²) in [5.74, 6) is 0. The average molecular weight is 425 g/mol. The summed E-state index contributed by atoms with van der Waals surface area (Å²) in [5, 5.41) is 51.5. The van der Waals surface area contributed by atoms with E-state index in [1.54, 1.807) is 0 Å². The molecule has 0 bridgehead atoms. The van der Waals surface area contributed by atoms with Gasteiger partial charge in [0, 0.05) is 0 Å². The zero-order chi connectivity index (χ0) is 10.7. The van der Waals surface area contributed by atoms with Crippen molar-refractivity contribution >= 4 is 0 Å². The number of hydrogen-bond donors (Lipinski definition) is 0. The molecule has 0 N–H and O–H groups in total. The van der Waals surface area contributed by atoms with Crippen LogP contribution in [0.5, 0.6) is 0 Å². The number of hydrogen-bond acceptors (Lipinski definition) is 6. The molecule has 0 fully saturated rings. The minimum absolute atomic E-state index is 0. The van der Waals surface area contributed by atoms with E-state index in [9.17, 15) is 0 Å². The Morgan fingerprint density at radius 2 is 0.706 bits per heavy atom. The van der Waals surface area contributed by atoms with E-state index in [1.807, 2.05) is 0 Å². The van der Waals surface area contributed by atoms with Crippen LogP contribution >= 0.6 is 0 Å². The summed E-state index contributed by atoms with van der Waals surface area (Å²) in [6, 6.07) is 0. The van der Waals surface area contributed by atoms with Crippen molar-refractivity contribution in [3.8, 4) is 29.8 Å². The van der Waals surface area contributed by atoms with Gasteiger partial charge in [0.15, 0.2) is 0 Å². The molecule has 0 aliphatic carbocycles. The fourth-order valence-electron chi connectivity index (χ4n) is 0.265. The Morgan fingerprint density at radius 1 is 0.588 bits per heavy atom. The molecule has 0 heterocycles. The van der Waals surface area contributed by atoms with Gasteiger partial charge in [-0.25, -0.2) is 0 Å². The van der Waals surface area contributed by atoms with Crippen molar-refractivity contribution < 1.29 is 112 Å². The maximum Gasteiger partial charge on any atom is 2.00 e. The van der Waals surface area contributed by atoms with Crippen LogP contribution in [0.1, 0.15) is 0 Å². The molecule has 0 amide bonds. The van der Waals surface area contributed by atoms with Crippen LogP contribution in [0.25, 0.3) is 0 Å². The molecule has 17 heavy (non-hydrogen) atoms. The molecule has 0 aromatic carbocycles. The summed E-state index contributed by atoms with van der Waals surface area (Å²) < 4.78 is 0. The standard InChI is InChI=1S/6CN.Co.2Fe.K.Ni/c6*1-2;;;;;/q;;;;;;+2;-4;+2;+1;+2. The monoisotopic (exact) mass is 424 g/mol. The van der Waals surface area contributed by atoms with E-state index in [2.05, 4.69) is 0 Å². The Hall–Kier alpha value is 0.615. The van der Waals surface area contributed by atoms with Gasteiger partial charge in [-0.05, 0) is 0 Å². The van der Waals surface area contributed by atoms with Gasteiger partial charge in [0.2, 0.25) is 0 Å². The molecule has 0 saturated carbocycles. The quantitative estimate of drug-likeness (QED) is 0.382. The molecule has 1 radical (unpaired) electrons. The van der Waals surface area contributed by atoms with E-state index in [1.165, 1.54) is 0 Å². The maximum atomic E-state index is 8.58. The van der Waals surface area contributed by atoms with Gasteiger partial charge in [-0.3, -0.25) is 0 Å². The second-order valence-electron chi connectivity index (χ2n) is 1.80. The van der Waals surface area contributed by atoms with Crippen molar-refractivity contribution in [3.05, 3.63) is 0 Å². The SMILES string of the molecule is N#[C][Fe-4]([C]#N)([C]#N)([C]#N)([C]#N)[C]#N.[Co+2].[Fe+2].[K+].[Ni+2]. The Kier molecular flexibility index (Phi) is 15.6. The molecule has 6 nitrogen and oxygen atoms in total. The minimum Gasteiger partial charge on any atom is 1.00 e. The van der Waals surface area contributed by atoms with Gasteiger partial charge in [-0.1, -0.05) is 0 Å². The molecule has 87 valence electrons. The predicted molar refractivity (Wildman–Crippen MR) is 33.7 cm³/mol. The van der Waals surface area contributed by atoms with E-state index in [0.29, 0.717) is 0 Å². The third kappa shape index (κ3) is 3.79. The van der Waals surface area contributed by atoms with E-state index in [0.717, 1.165) is 29.8 Å². The van der Waals surface area contributed by atoms with Gasteiger partial charge in [0.1, 0.15) is 0 Å². The van der Waals surface area contributed by atoms with E-state index < -0.39 is 10.7 Å². The normalized spacial score (nSPS) is 10.2. The average Bonchev–Trinajstić information content (AvgIpc) is 2.26. The van der Waals surface area contributed by atoms with Gasteiger partial charge in [-0.2, -0.15) is 0 Å². The fraction of sp³-hybridized carbons (Fsp3) is 0. The number of rotatable bonds is 0. The summed E-state index contributed by atoms with van der Waals surface area (Å²) >= 11 is 0. The summed E-state index contributed by atoms with van der Waals surface area (Å²) in [4.78, 5) is 6.19. The van der Waals surface area contributed by atoms with E-state index >= 15 is 0 Å². The first-order valence-corrected chi connectivity index (χ1v) is 5.71. The van der Waals surface area contributed by atoms with Crippen LogP contribution in [-0.2, 0) is 61.1 Å². The maximum absolute atomic E-state index is 8.58. The van der Waals surface area contributed by atoms with Gasteiger partial charge < -0.3 is 0 Å². The summed E-state index contributed by atoms with van der Waals surface area (Å²) in [7, 11) is -6.17. The van der Waals surface area contributed by atoms with Crippen molar-refractivity contribution in [1.29, 1.82) is 31.6 Å². The molecule has 0 spiro atoms. The first-order valence-electron chi connectivity index (χ1n) is 2.40. The van der Waals surface area contributed by atoms with E-state index in [-0.39, 0.29) is 102 Å². The number of nitrogens with zero attached hydrogens (tertiary/aromatic N) is 6. The second-order valence-corrected chi connectivity index (χ2v) is 7.42. The van der Waals surface area contributed by atoms with Crippen molar-refractivity contribution in [2.45, 2.75) is 0 Å². The first kappa shape index (κ1) is 30.6. The topological polar surface area (TPSA) is 143 Å². The third-order valence-electron chi connectivity index (χ3n) is 1.19. The van der Waals surface area contributed by atoms with Gasteiger partial charge in [0.05, 0.1) is 0 Å². The van der Waals surface area contributed by atoms with Crippen LogP contribution in [0.4, 0.5) is 0 Å². The van der Waals surface area contributed by atoms with Crippen molar-refractivity contribution in [2.75, 3.05) is 0 Å². The predicted octanol–water partition coefficient (Wildman–Crippen LogP) is -2.91. The Labute approximate surface area is 170 Å². The molecule has 0 unspecified atom stereocenters. The summed E-state index contributed by atoms with van der Waals surface area (Å²) in [6.07, 6.45) is 0. The summed E-state index contributed by atoms with van der Waals surface area (Å²) in [5.41, 5.74) is 0. The smallest absolute Gasteiger partial charge is 1.00 e. The van der Waals surface area contributed by atoms with Gasteiger partial charge in [0.25, 0.3) is 0 Å². The Balaban J connectivity index is -0.000000120. The largest absolute Gasteiger partial charge is 2.00 e. The Bertz CT molecular complexity index is 406. The molecule has 0 aliphatic heterocycles. The van der Waals surface area contributed by atoms with Crippen molar-refractivity contribution in [2.24, 2.45) is 0 Å². The second kappa shape index (κ2) is 8.67. The molecule has 11 heteroatoms. The van der Waals surface area contributed by atoms with Crippen LogP contribution < -0.4 is 51.4 Å². The fourth-order valence-corrected chi connectivity index (χ4v) is 1.09. The Morgan fingerprint density at radius 3 is 0.706 bits per heavy atom. The van der Waals surface area contributed by atoms with Crippen LogP contribution in [0.3, 0.4) is 0 Å². The molecular formula is C6CoFe2KN6Ni+3. The molecular weight excluding hydrogens is 425 g/mol. The van der Waals surface area contributed by atoms with Gasteiger partial charge in [-0.15, -0.1) is 0 Å². The third-order valence-corrected chi connectivity index (χ3v) is 4.89. The first-order chi connectivity index (χ1) is 5.97. The summed E-state index contributed by atoms with van der Waals surface area (Å²) in [6.45, 7) is 0. The molecule has 0 saturated heterocycles. The van der Waals surface area contributed by atoms with Crippen LogP contribution in [0.2, 0.25) is 0 Å². The van der Waals surface area contributed by atoms with Crippen molar-refractivity contribution in [1.82, 2.24) is 0 Å². The molecule has 0 aliphatic rings. The zero-order valence-corrected chi connectivity index (χ0v) is 15.4.